The molecule has 0 aliphatic carbocycles. The van der Waals surface area contributed by atoms with Crippen molar-refractivity contribution >= 4 is 5.91 Å². The molecule has 6 heteroatoms. The second-order valence-electron chi connectivity index (χ2n) is 4.67. The quantitative estimate of drug-likeness (QED) is 0.815. The van der Waals surface area contributed by atoms with Gasteiger partial charge in [0.2, 0.25) is 0 Å². The standard InChI is InChI=1S/C13H19N3O3/c1-3-19-11-8-16(2)7-9(11)15-13(18)12-10(17)5-4-6-14-12/h4-6,9,11,17H,3,7-8H2,1-2H3,(H,15,18)/t9-,11-/m0/s1. The van der Waals surface area contributed by atoms with Crippen LogP contribution in [0.3, 0.4) is 0 Å². The molecule has 2 N–H and O–H groups in total. The normalized spacial score (nSPS) is 23.5. The number of amides is 1. The van der Waals surface area contributed by atoms with Crippen molar-refractivity contribution in [3.63, 3.8) is 0 Å². The van der Waals surface area contributed by atoms with E-state index in [1.54, 1.807) is 6.07 Å². The third-order valence-electron chi connectivity index (χ3n) is 3.15. The van der Waals surface area contributed by atoms with Crippen molar-refractivity contribution in [2.75, 3.05) is 26.7 Å². The van der Waals surface area contributed by atoms with Gasteiger partial charge in [-0.3, -0.25) is 4.79 Å². The number of ether oxygens (including phenoxy) is 1. The molecule has 0 spiro atoms. The minimum atomic E-state index is -0.372. The lowest BCUT2D eigenvalue weighted by atomic mass is 10.2. The Balaban J connectivity index is 2.04. The summed E-state index contributed by atoms with van der Waals surface area (Å²) in [7, 11) is 1.98. The lowest BCUT2D eigenvalue weighted by Gasteiger charge is -2.19. The topological polar surface area (TPSA) is 74.7 Å². The lowest BCUT2D eigenvalue weighted by molar-refractivity contribution is 0.0511. The molecule has 1 aliphatic rings. The van der Waals surface area contributed by atoms with Crippen LogP contribution in [-0.2, 0) is 4.74 Å². The van der Waals surface area contributed by atoms with Gasteiger partial charge in [0.15, 0.2) is 5.69 Å². The number of rotatable bonds is 4. The van der Waals surface area contributed by atoms with Crippen LogP contribution in [0, 0.1) is 0 Å². The molecule has 19 heavy (non-hydrogen) atoms. The first-order valence-electron chi connectivity index (χ1n) is 6.36. The maximum atomic E-state index is 12.1. The molecule has 0 saturated carbocycles. The first kappa shape index (κ1) is 13.8. The fraction of sp³-hybridized carbons (Fsp3) is 0.538. The molecule has 1 aromatic rings. The molecule has 0 aromatic carbocycles. The van der Waals surface area contributed by atoms with Crippen molar-refractivity contribution in [3.8, 4) is 5.75 Å². The molecule has 1 saturated heterocycles. The van der Waals surface area contributed by atoms with Crippen LogP contribution in [0.1, 0.15) is 17.4 Å². The van der Waals surface area contributed by atoms with E-state index in [4.69, 9.17) is 4.74 Å². The number of aromatic hydroxyl groups is 1. The number of carbonyl (C=O) groups is 1. The van der Waals surface area contributed by atoms with Gasteiger partial charge in [-0.25, -0.2) is 4.98 Å². The number of nitrogens with zero attached hydrogens (tertiary/aromatic N) is 2. The van der Waals surface area contributed by atoms with E-state index in [2.05, 4.69) is 15.2 Å². The minimum Gasteiger partial charge on any atom is -0.505 e. The molecule has 2 atom stereocenters. The Morgan fingerprint density at radius 3 is 3.11 bits per heavy atom. The summed E-state index contributed by atoms with van der Waals surface area (Å²) in [5.74, 6) is -0.484. The second kappa shape index (κ2) is 5.99. The van der Waals surface area contributed by atoms with Crippen molar-refractivity contribution in [2.24, 2.45) is 0 Å². The molecule has 6 nitrogen and oxygen atoms in total. The van der Waals surface area contributed by atoms with Crippen molar-refractivity contribution < 1.29 is 14.6 Å². The van der Waals surface area contributed by atoms with E-state index >= 15 is 0 Å². The number of nitrogens with one attached hydrogen (secondary N) is 1. The number of hydrogen-bond acceptors (Lipinski definition) is 5. The van der Waals surface area contributed by atoms with E-state index in [-0.39, 0.29) is 29.5 Å². The Kier molecular flexibility index (Phi) is 4.34. The van der Waals surface area contributed by atoms with Gasteiger partial charge in [-0.15, -0.1) is 0 Å². The van der Waals surface area contributed by atoms with Crippen LogP contribution in [0.15, 0.2) is 18.3 Å². The zero-order valence-corrected chi connectivity index (χ0v) is 11.2. The summed E-state index contributed by atoms with van der Waals surface area (Å²) in [5, 5.41) is 12.5. The van der Waals surface area contributed by atoms with Gasteiger partial charge >= 0.3 is 0 Å². The summed E-state index contributed by atoms with van der Waals surface area (Å²) < 4.78 is 5.61. The predicted molar refractivity (Wildman–Crippen MR) is 70.1 cm³/mol. The second-order valence-corrected chi connectivity index (χ2v) is 4.67. The van der Waals surface area contributed by atoms with Gasteiger partial charge in [-0.1, -0.05) is 0 Å². The minimum absolute atomic E-state index is 0.0233. The molecule has 0 bridgehead atoms. The molecule has 0 radical (unpaired) electrons. The first-order valence-corrected chi connectivity index (χ1v) is 6.36. The summed E-state index contributed by atoms with van der Waals surface area (Å²) in [6.07, 6.45) is 1.46. The van der Waals surface area contributed by atoms with Crippen LogP contribution in [0.5, 0.6) is 5.75 Å². The number of likely N-dealkylation sites (tertiary alicyclic amines) is 1. The average molecular weight is 265 g/mol. The number of aromatic nitrogens is 1. The SMILES string of the molecule is CCO[C@H]1CN(C)C[C@@H]1NC(=O)c1ncccc1O. The third kappa shape index (κ3) is 3.21. The zero-order valence-electron chi connectivity index (χ0n) is 11.2. The van der Waals surface area contributed by atoms with Crippen LogP contribution < -0.4 is 5.32 Å². The van der Waals surface area contributed by atoms with E-state index in [0.29, 0.717) is 6.61 Å². The predicted octanol–water partition coefficient (Wildman–Crippen LogP) is 0.236. The van der Waals surface area contributed by atoms with E-state index in [9.17, 15) is 9.90 Å². The number of carbonyl (C=O) groups excluding carboxylic acids is 1. The Hall–Kier alpha value is -1.66. The molecule has 1 aromatic heterocycles. The van der Waals surface area contributed by atoms with E-state index in [1.807, 2.05) is 14.0 Å². The van der Waals surface area contributed by atoms with E-state index in [0.717, 1.165) is 13.1 Å². The van der Waals surface area contributed by atoms with Crippen LogP contribution >= 0.6 is 0 Å². The van der Waals surface area contributed by atoms with Crippen molar-refractivity contribution in [1.82, 2.24) is 15.2 Å². The number of likely N-dealkylation sites (N-methyl/N-ethyl adjacent to an activating group) is 1. The molecule has 2 heterocycles. The highest BCUT2D eigenvalue weighted by Gasteiger charge is 2.33. The summed E-state index contributed by atoms with van der Waals surface area (Å²) >= 11 is 0. The zero-order chi connectivity index (χ0) is 13.8. The summed E-state index contributed by atoms with van der Waals surface area (Å²) in [4.78, 5) is 18.1. The van der Waals surface area contributed by atoms with Gasteiger partial charge in [-0.2, -0.15) is 0 Å². The Morgan fingerprint density at radius 2 is 2.42 bits per heavy atom. The fourth-order valence-electron chi connectivity index (χ4n) is 2.29. The number of hydrogen-bond donors (Lipinski definition) is 2. The Bertz CT molecular complexity index is 453. The lowest BCUT2D eigenvalue weighted by Crippen LogP contribution is -2.44. The summed E-state index contributed by atoms with van der Waals surface area (Å²) in [6, 6.07) is 2.94. The third-order valence-corrected chi connectivity index (χ3v) is 3.15. The first-order chi connectivity index (χ1) is 9.11. The Labute approximate surface area is 112 Å². The molecular formula is C13H19N3O3. The van der Waals surface area contributed by atoms with Crippen LogP contribution in [0.25, 0.3) is 0 Å². The Morgan fingerprint density at radius 1 is 1.63 bits per heavy atom. The van der Waals surface area contributed by atoms with E-state index in [1.165, 1.54) is 12.3 Å². The van der Waals surface area contributed by atoms with Crippen LogP contribution in [0.2, 0.25) is 0 Å². The summed E-state index contributed by atoms with van der Waals surface area (Å²) in [6.45, 7) is 4.05. The van der Waals surface area contributed by atoms with Gasteiger partial charge in [0, 0.05) is 25.9 Å². The molecule has 0 unspecified atom stereocenters. The van der Waals surface area contributed by atoms with Crippen LogP contribution in [0.4, 0.5) is 0 Å². The van der Waals surface area contributed by atoms with E-state index < -0.39 is 0 Å². The summed E-state index contributed by atoms with van der Waals surface area (Å²) in [5.41, 5.74) is 0.0484. The van der Waals surface area contributed by atoms with Gasteiger partial charge in [0.05, 0.1) is 12.1 Å². The van der Waals surface area contributed by atoms with Gasteiger partial charge in [0.25, 0.3) is 5.91 Å². The van der Waals surface area contributed by atoms with Crippen LogP contribution in [-0.4, -0.2) is 59.8 Å². The highest BCUT2D eigenvalue weighted by molar-refractivity contribution is 5.95. The van der Waals surface area contributed by atoms with Crippen molar-refractivity contribution in [3.05, 3.63) is 24.0 Å². The molecule has 1 amide bonds. The number of pyridine rings is 1. The molecular weight excluding hydrogens is 246 g/mol. The monoisotopic (exact) mass is 265 g/mol. The molecule has 1 fully saturated rings. The van der Waals surface area contributed by atoms with Crippen molar-refractivity contribution in [1.29, 1.82) is 0 Å². The average Bonchev–Trinajstić information content (AvgIpc) is 2.70. The smallest absolute Gasteiger partial charge is 0.274 e. The van der Waals surface area contributed by atoms with Gasteiger partial charge in [-0.05, 0) is 26.1 Å². The molecule has 104 valence electrons. The maximum absolute atomic E-state index is 12.1. The maximum Gasteiger partial charge on any atom is 0.274 e. The highest BCUT2D eigenvalue weighted by Crippen LogP contribution is 2.15. The van der Waals surface area contributed by atoms with Gasteiger partial charge in [0.1, 0.15) is 5.75 Å². The highest BCUT2D eigenvalue weighted by atomic mass is 16.5. The van der Waals surface area contributed by atoms with Gasteiger partial charge < -0.3 is 20.1 Å². The fourth-order valence-corrected chi connectivity index (χ4v) is 2.29. The largest absolute Gasteiger partial charge is 0.505 e. The van der Waals surface area contributed by atoms with Crippen molar-refractivity contribution in [2.45, 2.75) is 19.1 Å². The molecule has 2 rings (SSSR count). The molecule has 1 aliphatic heterocycles.